The number of aliphatic hydroxyl groups is 1. The van der Waals surface area contributed by atoms with Crippen LogP contribution in [0.25, 0.3) is 0 Å². The van der Waals surface area contributed by atoms with Gasteiger partial charge < -0.3 is 14.7 Å². The highest BCUT2D eigenvalue weighted by Crippen LogP contribution is 2.32. The number of anilines is 1. The molecular weight excluding hydrogens is 248 g/mol. The molecule has 1 heterocycles. The van der Waals surface area contributed by atoms with Crippen molar-refractivity contribution in [3.63, 3.8) is 0 Å². The molecule has 0 bridgehead atoms. The molecule has 1 unspecified atom stereocenters. The van der Waals surface area contributed by atoms with Gasteiger partial charge in [0.05, 0.1) is 23.8 Å². The fourth-order valence-electron chi connectivity index (χ4n) is 1.64. The van der Waals surface area contributed by atoms with Crippen LogP contribution in [-0.2, 0) is 18.0 Å². The molecule has 0 aromatic carbocycles. The van der Waals surface area contributed by atoms with Crippen LogP contribution in [0, 0.1) is 5.41 Å². The van der Waals surface area contributed by atoms with Gasteiger partial charge in [0, 0.05) is 20.2 Å². The van der Waals surface area contributed by atoms with Gasteiger partial charge in [-0.2, -0.15) is 0 Å². The van der Waals surface area contributed by atoms with E-state index in [1.165, 1.54) is 11.3 Å². The highest BCUT2D eigenvalue weighted by Gasteiger charge is 2.26. The number of nitrogens with zero attached hydrogens (tertiary/aromatic N) is 2. The normalized spacial score (nSPS) is 13.7. The van der Waals surface area contributed by atoms with Crippen molar-refractivity contribution in [2.45, 2.75) is 47.0 Å². The third-order valence-corrected chi connectivity index (χ3v) is 4.50. The first-order chi connectivity index (χ1) is 8.31. The lowest BCUT2D eigenvalue weighted by molar-refractivity contribution is 0.179. The Kier molecular flexibility index (Phi) is 5.13. The molecule has 0 aliphatic carbocycles. The van der Waals surface area contributed by atoms with Crippen molar-refractivity contribution in [1.29, 1.82) is 0 Å². The quantitative estimate of drug-likeness (QED) is 0.895. The van der Waals surface area contributed by atoms with Crippen LogP contribution in [0.3, 0.4) is 0 Å². The number of methoxy groups -OCH3 is 1. The summed E-state index contributed by atoms with van der Waals surface area (Å²) in [6.07, 6.45) is 0. The molecule has 0 amide bonds. The molecule has 0 aliphatic rings. The van der Waals surface area contributed by atoms with Gasteiger partial charge in [0.2, 0.25) is 0 Å². The topological polar surface area (TPSA) is 45.6 Å². The zero-order valence-electron chi connectivity index (χ0n) is 12.1. The third kappa shape index (κ3) is 3.43. The number of hydrogen-bond donors (Lipinski definition) is 1. The van der Waals surface area contributed by atoms with E-state index >= 15 is 0 Å². The van der Waals surface area contributed by atoms with Crippen LogP contribution in [0.1, 0.15) is 38.3 Å². The van der Waals surface area contributed by atoms with E-state index in [-0.39, 0.29) is 12.0 Å². The predicted molar refractivity (Wildman–Crippen MR) is 76.1 cm³/mol. The molecule has 0 saturated heterocycles. The molecular formula is C13H24N2O2S. The Morgan fingerprint density at radius 3 is 2.50 bits per heavy atom. The standard InChI is InChI=1S/C13H24N2O2S/c1-9(13(2,3)4)15(5)12-14-10(8-17-6)11(7-16)18-12/h9,16H,7-8H2,1-6H3. The summed E-state index contributed by atoms with van der Waals surface area (Å²) in [4.78, 5) is 7.62. The van der Waals surface area contributed by atoms with Gasteiger partial charge in [0.15, 0.2) is 5.13 Å². The molecule has 0 spiro atoms. The molecule has 0 aliphatic heterocycles. The molecule has 104 valence electrons. The van der Waals surface area contributed by atoms with Crippen LogP contribution in [0.15, 0.2) is 0 Å². The van der Waals surface area contributed by atoms with Gasteiger partial charge in [-0.1, -0.05) is 32.1 Å². The van der Waals surface area contributed by atoms with E-state index in [0.717, 1.165) is 15.7 Å². The fraction of sp³-hybridized carbons (Fsp3) is 0.769. The zero-order valence-corrected chi connectivity index (χ0v) is 13.0. The predicted octanol–water partition coefficient (Wildman–Crippen LogP) is 2.65. The van der Waals surface area contributed by atoms with Crippen LogP contribution in [-0.4, -0.2) is 30.3 Å². The maximum atomic E-state index is 9.33. The minimum atomic E-state index is 0.0219. The smallest absolute Gasteiger partial charge is 0.185 e. The molecule has 1 N–H and O–H groups in total. The lowest BCUT2D eigenvalue weighted by atomic mass is 9.87. The second-order valence-electron chi connectivity index (χ2n) is 5.61. The highest BCUT2D eigenvalue weighted by atomic mass is 32.1. The highest BCUT2D eigenvalue weighted by molar-refractivity contribution is 7.15. The largest absolute Gasteiger partial charge is 0.391 e. The average molecular weight is 272 g/mol. The first-order valence-corrected chi connectivity index (χ1v) is 6.94. The Bertz CT molecular complexity index is 385. The van der Waals surface area contributed by atoms with Gasteiger partial charge in [0.25, 0.3) is 0 Å². The number of hydrogen-bond acceptors (Lipinski definition) is 5. The van der Waals surface area contributed by atoms with Crippen molar-refractivity contribution in [1.82, 2.24) is 4.98 Å². The number of rotatable bonds is 5. The third-order valence-electron chi connectivity index (χ3n) is 3.33. The molecule has 0 radical (unpaired) electrons. The Balaban J connectivity index is 2.96. The Morgan fingerprint density at radius 1 is 1.44 bits per heavy atom. The first-order valence-electron chi connectivity index (χ1n) is 6.12. The molecule has 5 heteroatoms. The molecule has 1 aromatic heterocycles. The second-order valence-corrected chi connectivity index (χ2v) is 6.67. The van der Waals surface area contributed by atoms with Gasteiger partial charge in [-0.25, -0.2) is 4.98 Å². The van der Waals surface area contributed by atoms with Crippen molar-refractivity contribution in [2.24, 2.45) is 5.41 Å². The van der Waals surface area contributed by atoms with E-state index < -0.39 is 0 Å². The van der Waals surface area contributed by atoms with Crippen molar-refractivity contribution >= 4 is 16.5 Å². The van der Waals surface area contributed by atoms with Gasteiger partial charge >= 0.3 is 0 Å². The van der Waals surface area contributed by atoms with Gasteiger partial charge in [-0.15, -0.1) is 0 Å². The summed E-state index contributed by atoms with van der Waals surface area (Å²) in [7, 11) is 3.69. The minimum Gasteiger partial charge on any atom is -0.391 e. The van der Waals surface area contributed by atoms with E-state index in [1.807, 2.05) is 7.05 Å². The number of aliphatic hydroxyl groups excluding tert-OH is 1. The van der Waals surface area contributed by atoms with Crippen molar-refractivity contribution in [3.05, 3.63) is 10.6 Å². The lowest BCUT2D eigenvalue weighted by Crippen LogP contribution is -2.39. The van der Waals surface area contributed by atoms with E-state index in [2.05, 4.69) is 37.6 Å². The summed E-state index contributed by atoms with van der Waals surface area (Å²) in [6.45, 7) is 9.30. The number of aromatic nitrogens is 1. The Labute approximate surface area is 114 Å². The van der Waals surface area contributed by atoms with E-state index in [0.29, 0.717) is 12.6 Å². The van der Waals surface area contributed by atoms with Gasteiger partial charge in [-0.3, -0.25) is 0 Å². The summed E-state index contributed by atoms with van der Waals surface area (Å²) >= 11 is 1.54. The summed E-state index contributed by atoms with van der Waals surface area (Å²) in [5.41, 5.74) is 1.02. The van der Waals surface area contributed by atoms with Crippen LogP contribution >= 0.6 is 11.3 Å². The van der Waals surface area contributed by atoms with E-state index in [1.54, 1.807) is 7.11 Å². The fourth-order valence-corrected chi connectivity index (χ4v) is 2.61. The summed E-state index contributed by atoms with van der Waals surface area (Å²) < 4.78 is 5.11. The zero-order chi connectivity index (χ0) is 13.9. The maximum absolute atomic E-state index is 9.33. The van der Waals surface area contributed by atoms with Crippen molar-refractivity contribution < 1.29 is 9.84 Å². The van der Waals surface area contributed by atoms with Crippen LogP contribution in [0.5, 0.6) is 0 Å². The van der Waals surface area contributed by atoms with Crippen molar-refractivity contribution in [3.8, 4) is 0 Å². The minimum absolute atomic E-state index is 0.0219. The monoisotopic (exact) mass is 272 g/mol. The van der Waals surface area contributed by atoms with E-state index in [4.69, 9.17) is 4.74 Å². The van der Waals surface area contributed by atoms with Crippen LogP contribution < -0.4 is 4.90 Å². The molecule has 0 saturated carbocycles. The molecule has 1 aromatic rings. The average Bonchev–Trinajstić information content (AvgIpc) is 2.69. The SMILES string of the molecule is COCc1nc(N(C)C(C)C(C)(C)C)sc1CO. The van der Waals surface area contributed by atoms with Gasteiger partial charge in [0.1, 0.15) is 0 Å². The maximum Gasteiger partial charge on any atom is 0.185 e. The summed E-state index contributed by atoms with van der Waals surface area (Å²) in [5.74, 6) is 0. The molecule has 0 fully saturated rings. The summed E-state index contributed by atoms with van der Waals surface area (Å²) in [6, 6.07) is 0.366. The van der Waals surface area contributed by atoms with Crippen molar-refractivity contribution in [2.75, 3.05) is 19.1 Å². The number of thiazole rings is 1. The molecule has 1 atom stereocenters. The molecule has 4 nitrogen and oxygen atoms in total. The first kappa shape index (κ1) is 15.4. The Hall–Kier alpha value is -0.650. The Morgan fingerprint density at radius 2 is 2.06 bits per heavy atom. The molecule has 1 rings (SSSR count). The second kappa shape index (κ2) is 5.99. The number of ether oxygens (including phenoxy) is 1. The summed E-state index contributed by atoms with van der Waals surface area (Å²) in [5, 5.41) is 10.3. The lowest BCUT2D eigenvalue weighted by Gasteiger charge is -2.35. The molecule has 18 heavy (non-hydrogen) atoms. The van der Waals surface area contributed by atoms with Crippen LogP contribution in [0.2, 0.25) is 0 Å². The van der Waals surface area contributed by atoms with Gasteiger partial charge in [-0.05, 0) is 12.3 Å². The van der Waals surface area contributed by atoms with Crippen LogP contribution in [0.4, 0.5) is 5.13 Å². The van der Waals surface area contributed by atoms with E-state index in [9.17, 15) is 5.11 Å².